The van der Waals surface area contributed by atoms with E-state index in [2.05, 4.69) is 22.6 Å². The lowest BCUT2D eigenvalue weighted by Crippen LogP contribution is -2.44. The molecule has 2 saturated heterocycles. The summed E-state index contributed by atoms with van der Waals surface area (Å²) in [6, 6.07) is 0. The standard InChI is InChI=1S/C10H13IO5/c1-4(12)15-9-7(11)6-3-5(8(9)16-6)10(13)14-2/h5-9H,3H2,1-2H3/t5-,6+,7+,8-,9-/m0/s1. The molecule has 0 aromatic heterocycles. The van der Waals surface area contributed by atoms with Gasteiger partial charge in [0.05, 0.1) is 23.1 Å². The number of halogens is 1. The van der Waals surface area contributed by atoms with Crippen LogP contribution in [0.3, 0.4) is 0 Å². The zero-order chi connectivity index (χ0) is 11.9. The molecule has 2 aliphatic rings. The van der Waals surface area contributed by atoms with Crippen molar-refractivity contribution in [1.29, 1.82) is 0 Å². The quantitative estimate of drug-likeness (QED) is 0.420. The summed E-state index contributed by atoms with van der Waals surface area (Å²) < 4.78 is 15.7. The number of esters is 2. The molecule has 0 radical (unpaired) electrons. The van der Waals surface area contributed by atoms with Gasteiger partial charge < -0.3 is 14.2 Å². The lowest BCUT2D eigenvalue weighted by Gasteiger charge is -2.27. The van der Waals surface area contributed by atoms with Crippen molar-refractivity contribution < 1.29 is 23.8 Å². The van der Waals surface area contributed by atoms with Crippen LogP contribution in [0.2, 0.25) is 0 Å². The maximum Gasteiger partial charge on any atom is 0.311 e. The Bertz CT molecular complexity index is 318. The Kier molecular flexibility index (Phi) is 3.39. The average Bonchev–Trinajstić information content (AvgIpc) is 2.77. The van der Waals surface area contributed by atoms with Crippen molar-refractivity contribution in [3.05, 3.63) is 0 Å². The summed E-state index contributed by atoms with van der Waals surface area (Å²) >= 11 is 2.21. The summed E-state index contributed by atoms with van der Waals surface area (Å²) in [5, 5.41) is 0. The summed E-state index contributed by atoms with van der Waals surface area (Å²) in [6.45, 7) is 1.36. The molecule has 5 nitrogen and oxygen atoms in total. The van der Waals surface area contributed by atoms with Crippen LogP contribution in [-0.2, 0) is 23.8 Å². The monoisotopic (exact) mass is 340 g/mol. The van der Waals surface area contributed by atoms with Crippen LogP contribution in [0.25, 0.3) is 0 Å². The highest BCUT2D eigenvalue weighted by atomic mass is 127. The molecule has 0 aromatic carbocycles. The van der Waals surface area contributed by atoms with Crippen LogP contribution in [0.4, 0.5) is 0 Å². The molecule has 2 heterocycles. The van der Waals surface area contributed by atoms with Gasteiger partial charge in [-0.15, -0.1) is 0 Å². The molecule has 0 amide bonds. The molecule has 0 spiro atoms. The van der Waals surface area contributed by atoms with Gasteiger partial charge >= 0.3 is 11.9 Å². The van der Waals surface area contributed by atoms with E-state index in [4.69, 9.17) is 14.2 Å². The van der Waals surface area contributed by atoms with Crippen LogP contribution in [0.15, 0.2) is 0 Å². The molecular formula is C10H13IO5. The number of methoxy groups -OCH3 is 1. The summed E-state index contributed by atoms with van der Waals surface area (Å²) in [6.07, 6.45) is -0.0360. The van der Waals surface area contributed by atoms with E-state index in [1.807, 2.05) is 0 Å². The van der Waals surface area contributed by atoms with E-state index in [-0.39, 0.29) is 40.1 Å². The minimum Gasteiger partial charge on any atom is -0.469 e. The van der Waals surface area contributed by atoms with Gasteiger partial charge in [-0.25, -0.2) is 0 Å². The van der Waals surface area contributed by atoms with E-state index in [0.29, 0.717) is 6.42 Å². The van der Waals surface area contributed by atoms with Crippen LogP contribution in [0.1, 0.15) is 13.3 Å². The van der Waals surface area contributed by atoms with Gasteiger partial charge in [0.2, 0.25) is 0 Å². The van der Waals surface area contributed by atoms with Crippen molar-refractivity contribution in [2.75, 3.05) is 7.11 Å². The predicted molar refractivity (Wildman–Crippen MR) is 62.1 cm³/mol. The van der Waals surface area contributed by atoms with E-state index < -0.39 is 0 Å². The maximum atomic E-state index is 11.5. The van der Waals surface area contributed by atoms with Crippen LogP contribution in [0, 0.1) is 5.92 Å². The molecule has 0 N–H and O–H groups in total. The first-order valence-corrected chi connectivity index (χ1v) is 6.33. The third kappa shape index (κ3) is 1.92. The Morgan fingerprint density at radius 1 is 1.44 bits per heavy atom. The fourth-order valence-electron chi connectivity index (χ4n) is 2.35. The van der Waals surface area contributed by atoms with Crippen molar-refractivity contribution in [1.82, 2.24) is 0 Å². The molecule has 0 aliphatic carbocycles. The third-order valence-corrected chi connectivity index (χ3v) is 4.52. The van der Waals surface area contributed by atoms with Gasteiger partial charge in [-0.3, -0.25) is 9.59 Å². The normalized spacial score (nSPS) is 40.8. The van der Waals surface area contributed by atoms with Gasteiger partial charge in [-0.05, 0) is 6.42 Å². The second kappa shape index (κ2) is 4.48. The molecule has 6 heteroatoms. The molecule has 16 heavy (non-hydrogen) atoms. The fraction of sp³-hybridized carbons (Fsp3) is 0.800. The Morgan fingerprint density at radius 3 is 2.62 bits per heavy atom. The molecule has 90 valence electrons. The van der Waals surface area contributed by atoms with Gasteiger partial charge in [-0.2, -0.15) is 0 Å². The second-order valence-corrected chi connectivity index (χ2v) is 5.46. The van der Waals surface area contributed by atoms with E-state index in [1.165, 1.54) is 14.0 Å². The molecule has 2 aliphatic heterocycles. The molecule has 2 bridgehead atoms. The Balaban J connectivity index is 2.10. The smallest absolute Gasteiger partial charge is 0.311 e. The number of alkyl halides is 1. The first-order valence-electron chi connectivity index (χ1n) is 5.09. The average molecular weight is 340 g/mol. The van der Waals surface area contributed by atoms with Gasteiger partial charge in [-0.1, -0.05) is 22.6 Å². The molecule has 0 saturated carbocycles. The first kappa shape index (κ1) is 12.1. The van der Waals surface area contributed by atoms with Gasteiger partial charge in [0, 0.05) is 6.92 Å². The largest absolute Gasteiger partial charge is 0.469 e. The molecule has 0 aromatic rings. The molecule has 0 unspecified atom stereocenters. The number of carbonyl (C=O) groups excluding carboxylic acids is 2. The Morgan fingerprint density at radius 2 is 2.12 bits per heavy atom. The van der Waals surface area contributed by atoms with Crippen LogP contribution in [-0.4, -0.2) is 41.3 Å². The van der Waals surface area contributed by atoms with Gasteiger partial charge in [0.1, 0.15) is 12.2 Å². The fourth-order valence-corrected chi connectivity index (χ4v) is 3.37. The lowest BCUT2D eigenvalue weighted by molar-refractivity contribution is -0.157. The second-order valence-electron chi connectivity index (χ2n) is 4.02. The molecule has 2 rings (SSSR count). The Labute approximate surface area is 107 Å². The number of ether oxygens (including phenoxy) is 3. The van der Waals surface area contributed by atoms with Crippen LogP contribution in [0.5, 0.6) is 0 Å². The van der Waals surface area contributed by atoms with Gasteiger partial charge in [0.15, 0.2) is 0 Å². The van der Waals surface area contributed by atoms with Crippen molar-refractivity contribution in [3.8, 4) is 0 Å². The SMILES string of the molecule is COC(=O)[C@H]1C[C@H]2O[C@@H]1[C@@H](OC(C)=O)[C@@H]2I. The zero-order valence-corrected chi connectivity index (χ0v) is 11.2. The van der Waals surface area contributed by atoms with E-state index in [9.17, 15) is 9.59 Å². The maximum absolute atomic E-state index is 11.5. The first-order chi connectivity index (χ1) is 7.54. The topological polar surface area (TPSA) is 61.8 Å². The zero-order valence-electron chi connectivity index (χ0n) is 9.01. The highest BCUT2D eigenvalue weighted by molar-refractivity contribution is 14.1. The summed E-state index contributed by atoms with van der Waals surface area (Å²) in [5.74, 6) is -0.926. The number of hydrogen-bond acceptors (Lipinski definition) is 5. The van der Waals surface area contributed by atoms with Crippen LogP contribution < -0.4 is 0 Å². The highest BCUT2D eigenvalue weighted by Crippen LogP contribution is 2.44. The molecule has 2 fully saturated rings. The van der Waals surface area contributed by atoms with E-state index >= 15 is 0 Å². The Hall–Kier alpha value is -0.370. The lowest BCUT2D eigenvalue weighted by atomic mass is 9.87. The summed E-state index contributed by atoms with van der Waals surface area (Å²) in [4.78, 5) is 22.5. The molecular weight excluding hydrogens is 327 g/mol. The van der Waals surface area contributed by atoms with Crippen molar-refractivity contribution >= 4 is 34.5 Å². The third-order valence-electron chi connectivity index (χ3n) is 3.01. The van der Waals surface area contributed by atoms with Crippen molar-refractivity contribution in [2.24, 2.45) is 5.92 Å². The number of carbonyl (C=O) groups is 2. The summed E-state index contributed by atoms with van der Waals surface area (Å²) in [5.41, 5.74) is 0. The summed E-state index contributed by atoms with van der Waals surface area (Å²) in [7, 11) is 1.36. The highest BCUT2D eigenvalue weighted by Gasteiger charge is 2.57. The number of fused-ring (bicyclic) bond motifs is 2. The number of hydrogen-bond donors (Lipinski definition) is 0. The van der Waals surface area contributed by atoms with Crippen LogP contribution >= 0.6 is 22.6 Å². The van der Waals surface area contributed by atoms with Gasteiger partial charge in [0.25, 0.3) is 0 Å². The minimum atomic E-state index is -0.344. The predicted octanol–water partition coefficient (Wildman–Crippen LogP) is 0.682. The van der Waals surface area contributed by atoms with E-state index in [0.717, 1.165) is 0 Å². The minimum absolute atomic E-state index is 0.0148. The van der Waals surface area contributed by atoms with E-state index in [1.54, 1.807) is 0 Å². The molecule has 5 atom stereocenters. The van der Waals surface area contributed by atoms with Crippen molar-refractivity contribution in [2.45, 2.75) is 35.6 Å². The van der Waals surface area contributed by atoms with Crippen molar-refractivity contribution in [3.63, 3.8) is 0 Å². The number of rotatable bonds is 2.